The molecule has 3 rings (SSSR count). The molecular weight excluding hydrogens is 266 g/mol. The molecule has 2 aliphatic heterocycles. The van der Waals surface area contributed by atoms with E-state index in [1.807, 2.05) is 12.1 Å². The van der Waals surface area contributed by atoms with Crippen molar-refractivity contribution in [2.75, 3.05) is 38.1 Å². The highest BCUT2D eigenvalue weighted by atomic mass is 16.5. The second-order valence-electron chi connectivity index (χ2n) is 5.73. The van der Waals surface area contributed by atoms with Gasteiger partial charge in [-0.15, -0.1) is 0 Å². The van der Waals surface area contributed by atoms with Gasteiger partial charge in [0.15, 0.2) is 0 Å². The quantitative estimate of drug-likeness (QED) is 0.875. The van der Waals surface area contributed by atoms with E-state index in [2.05, 4.69) is 27.7 Å². The number of carbonyl (C=O) groups excluding carboxylic acids is 1. The Kier molecular flexibility index (Phi) is 4.85. The molecule has 2 heterocycles. The molecule has 0 radical (unpaired) electrons. The molecule has 2 N–H and O–H groups in total. The Morgan fingerprint density at radius 1 is 1.29 bits per heavy atom. The highest BCUT2D eigenvalue weighted by Gasteiger charge is 2.21. The standard InChI is InChI=1S/C16H23N3O2/c20-16(15-11-17-7-10-21-15)18-14-5-3-13(4-6-14)12-19-8-1-2-9-19/h3-6,15,17H,1-2,7-12H2,(H,18,20). The van der Waals surface area contributed by atoms with Crippen molar-refractivity contribution in [2.24, 2.45) is 0 Å². The lowest BCUT2D eigenvalue weighted by molar-refractivity contribution is -0.128. The van der Waals surface area contributed by atoms with Crippen LogP contribution in [0.4, 0.5) is 5.69 Å². The highest BCUT2D eigenvalue weighted by molar-refractivity contribution is 5.94. The van der Waals surface area contributed by atoms with Gasteiger partial charge in [0.1, 0.15) is 6.10 Å². The minimum atomic E-state index is -0.386. The Morgan fingerprint density at radius 3 is 2.71 bits per heavy atom. The lowest BCUT2D eigenvalue weighted by atomic mass is 10.2. The van der Waals surface area contributed by atoms with Crippen LogP contribution in [0.3, 0.4) is 0 Å². The summed E-state index contributed by atoms with van der Waals surface area (Å²) in [5.41, 5.74) is 2.13. The molecule has 2 fully saturated rings. The minimum absolute atomic E-state index is 0.0745. The first-order valence-corrected chi connectivity index (χ1v) is 7.76. The van der Waals surface area contributed by atoms with Crippen molar-refractivity contribution in [1.29, 1.82) is 0 Å². The van der Waals surface area contributed by atoms with Gasteiger partial charge in [-0.05, 0) is 43.6 Å². The van der Waals surface area contributed by atoms with Gasteiger partial charge >= 0.3 is 0 Å². The predicted molar refractivity (Wildman–Crippen MR) is 82.2 cm³/mol. The van der Waals surface area contributed by atoms with Crippen LogP contribution in [-0.4, -0.2) is 49.7 Å². The highest BCUT2D eigenvalue weighted by Crippen LogP contribution is 2.15. The van der Waals surface area contributed by atoms with E-state index >= 15 is 0 Å². The van der Waals surface area contributed by atoms with Crippen molar-refractivity contribution in [1.82, 2.24) is 10.2 Å². The van der Waals surface area contributed by atoms with Crippen LogP contribution in [0.1, 0.15) is 18.4 Å². The summed E-state index contributed by atoms with van der Waals surface area (Å²) < 4.78 is 5.44. The third-order valence-corrected chi connectivity index (χ3v) is 4.05. The number of anilines is 1. The molecule has 5 nitrogen and oxygen atoms in total. The van der Waals surface area contributed by atoms with Gasteiger partial charge in [-0.3, -0.25) is 9.69 Å². The monoisotopic (exact) mass is 289 g/mol. The van der Waals surface area contributed by atoms with Crippen molar-refractivity contribution in [3.63, 3.8) is 0 Å². The Labute approximate surface area is 125 Å². The van der Waals surface area contributed by atoms with E-state index in [0.29, 0.717) is 13.2 Å². The first kappa shape index (κ1) is 14.5. The van der Waals surface area contributed by atoms with Crippen molar-refractivity contribution >= 4 is 11.6 Å². The normalized spacial score (nSPS) is 23.1. The van der Waals surface area contributed by atoms with Gasteiger partial charge in [-0.1, -0.05) is 12.1 Å². The fraction of sp³-hybridized carbons (Fsp3) is 0.562. The van der Waals surface area contributed by atoms with E-state index in [-0.39, 0.29) is 12.0 Å². The Bertz CT molecular complexity index is 463. The number of hydrogen-bond acceptors (Lipinski definition) is 4. The number of nitrogens with one attached hydrogen (secondary N) is 2. The lowest BCUT2D eigenvalue weighted by Crippen LogP contribution is -2.45. The molecule has 0 aromatic heterocycles. The van der Waals surface area contributed by atoms with Crippen LogP contribution in [0.25, 0.3) is 0 Å². The maximum atomic E-state index is 12.0. The Morgan fingerprint density at radius 2 is 2.05 bits per heavy atom. The number of amides is 1. The van der Waals surface area contributed by atoms with E-state index in [9.17, 15) is 4.79 Å². The van der Waals surface area contributed by atoms with E-state index in [1.54, 1.807) is 0 Å². The average Bonchev–Trinajstić information content (AvgIpc) is 3.03. The van der Waals surface area contributed by atoms with Crippen LogP contribution in [0.15, 0.2) is 24.3 Å². The van der Waals surface area contributed by atoms with E-state index < -0.39 is 0 Å². The molecule has 2 saturated heterocycles. The Hall–Kier alpha value is -1.43. The minimum Gasteiger partial charge on any atom is -0.366 e. The second-order valence-corrected chi connectivity index (χ2v) is 5.73. The fourth-order valence-corrected chi connectivity index (χ4v) is 2.85. The number of ether oxygens (including phenoxy) is 1. The van der Waals surface area contributed by atoms with Crippen molar-refractivity contribution in [3.8, 4) is 0 Å². The van der Waals surface area contributed by atoms with Gasteiger partial charge < -0.3 is 15.4 Å². The van der Waals surface area contributed by atoms with Gasteiger partial charge in [0.2, 0.25) is 0 Å². The van der Waals surface area contributed by atoms with Crippen molar-refractivity contribution in [3.05, 3.63) is 29.8 Å². The summed E-state index contributed by atoms with van der Waals surface area (Å²) in [4.78, 5) is 14.5. The van der Waals surface area contributed by atoms with Gasteiger partial charge in [0, 0.05) is 25.3 Å². The summed E-state index contributed by atoms with van der Waals surface area (Å²) in [6, 6.07) is 8.13. The third-order valence-electron chi connectivity index (χ3n) is 4.05. The molecule has 2 aliphatic rings. The van der Waals surface area contributed by atoms with Crippen LogP contribution in [0.2, 0.25) is 0 Å². The zero-order valence-corrected chi connectivity index (χ0v) is 12.3. The molecule has 1 aromatic carbocycles. The summed E-state index contributed by atoms with van der Waals surface area (Å²) in [5.74, 6) is -0.0745. The largest absolute Gasteiger partial charge is 0.366 e. The van der Waals surface area contributed by atoms with Crippen LogP contribution >= 0.6 is 0 Å². The number of hydrogen-bond donors (Lipinski definition) is 2. The zero-order chi connectivity index (χ0) is 14.5. The number of morpholine rings is 1. The zero-order valence-electron chi connectivity index (χ0n) is 12.3. The molecule has 0 saturated carbocycles. The van der Waals surface area contributed by atoms with Gasteiger partial charge in [-0.25, -0.2) is 0 Å². The van der Waals surface area contributed by atoms with Crippen molar-refractivity contribution in [2.45, 2.75) is 25.5 Å². The van der Waals surface area contributed by atoms with E-state index in [1.165, 1.54) is 31.5 Å². The first-order chi connectivity index (χ1) is 10.3. The van der Waals surface area contributed by atoms with E-state index in [0.717, 1.165) is 18.8 Å². The molecule has 1 atom stereocenters. The topological polar surface area (TPSA) is 53.6 Å². The summed E-state index contributed by atoms with van der Waals surface area (Å²) in [7, 11) is 0. The molecule has 5 heteroatoms. The van der Waals surface area contributed by atoms with E-state index in [4.69, 9.17) is 4.74 Å². The number of rotatable bonds is 4. The molecule has 114 valence electrons. The number of benzene rings is 1. The first-order valence-electron chi connectivity index (χ1n) is 7.76. The average molecular weight is 289 g/mol. The molecule has 0 aliphatic carbocycles. The molecule has 21 heavy (non-hydrogen) atoms. The summed E-state index contributed by atoms with van der Waals surface area (Å²) in [6.07, 6.45) is 2.23. The number of nitrogens with zero attached hydrogens (tertiary/aromatic N) is 1. The molecule has 0 bridgehead atoms. The van der Waals surface area contributed by atoms with Crippen LogP contribution < -0.4 is 10.6 Å². The predicted octanol–water partition coefficient (Wildman–Crippen LogP) is 1.21. The fourth-order valence-electron chi connectivity index (χ4n) is 2.85. The summed E-state index contributed by atoms with van der Waals surface area (Å²) in [5, 5.41) is 6.07. The Balaban J connectivity index is 1.52. The maximum Gasteiger partial charge on any atom is 0.254 e. The molecule has 0 spiro atoms. The molecule has 1 unspecified atom stereocenters. The SMILES string of the molecule is O=C(Nc1ccc(CN2CCCC2)cc1)C1CNCCO1. The van der Waals surface area contributed by atoms with Gasteiger partial charge in [0.25, 0.3) is 5.91 Å². The van der Waals surface area contributed by atoms with Gasteiger partial charge in [0.05, 0.1) is 6.61 Å². The van der Waals surface area contributed by atoms with Crippen molar-refractivity contribution < 1.29 is 9.53 Å². The molecular formula is C16H23N3O2. The van der Waals surface area contributed by atoms with Crippen LogP contribution in [-0.2, 0) is 16.1 Å². The molecule has 1 aromatic rings. The smallest absolute Gasteiger partial charge is 0.254 e. The molecule has 1 amide bonds. The summed E-state index contributed by atoms with van der Waals surface area (Å²) in [6.45, 7) is 5.39. The van der Waals surface area contributed by atoms with Crippen LogP contribution in [0, 0.1) is 0 Å². The summed E-state index contributed by atoms with van der Waals surface area (Å²) >= 11 is 0. The van der Waals surface area contributed by atoms with Gasteiger partial charge in [-0.2, -0.15) is 0 Å². The second kappa shape index (κ2) is 7.02. The maximum absolute atomic E-state index is 12.0. The number of likely N-dealkylation sites (tertiary alicyclic amines) is 1. The number of carbonyl (C=O) groups is 1. The third kappa shape index (κ3) is 4.03. The lowest BCUT2D eigenvalue weighted by Gasteiger charge is -2.22. The van der Waals surface area contributed by atoms with Crippen LogP contribution in [0.5, 0.6) is 0 Å².